The second kappa shape index (κ2) is 8.66. The van der Waals surface area contributed by atoms with Crippen LogP contribution in [0.5, 0.6) is 5.75 Å². The van der Waals surface area contributed by atoms with E-state index in [1.807, 2.05) is 20.8 Å². The first-order valence-electron chi connectivity index (χ1n) is 9.38. The van der Waals surface area contributed by atoms with E-state index in [0.717, 1.165) is 24.1 Å². The molecule has 0 amide bonds. The molecular weight excluding hydrogens is 445 g/mol. The summed E-state index contributed by atoms with van der Waals surface area (Å²) < 4.78 is 102. The second-order valence-electron chi connectivity index (χ2n) is 8.73. The molecule has 0 saturated heterocycles. The van der Waals surface area contributed by atoms with Crippen LogP contribution in [-0.2, 0) is 20.2 Å². The molecule has 0 aliphatic heterocycles. The molecule has 1 rings (SSSR count). The Morgan fingerprint density at radius 3 is 1.80 bits per heavy atom. The van der Waals surface area contributed by atoms with Crippen molar-refractivity contribution in [3.05, 3.63) is 29.8 Å². The fraction of sp³-hybridized carbons (Fsp3) is 0.684. The average molecular weight is 475 g/mol. The molecule has 1 aromatic rings. The van der Waals surface area contributed by atoms with Crippen LogP contribution >= 0.6 is 0 Å². The van der Waals surface area contributed by atoms with Crippen LogP contribution in [-0.4, -0.2) is 31.6 Å². The van der Waals surface area contributed by atoms with Gasteiger partial charge in [0.25, 0.3) is 0 Å². The van der Waals surface area contributed by atoms with Crippen molar-refractivity contribution in [2.75, 3.05) is 0 Å². The van der Waals surface area contributed by atoms with Crippen molar-refractivity contribution in [3.63, 3.8) is 0 Å². The number of hydrogen-bond acceptors (Lipinski definition) is 5. The second-order valence-corrected chi connectivity index (χ2v) is 11.9. The van der Waals surface area contributed by atoms with Gasteiger partial charge in [-0.15, -0.1) is 0 Å². The largest absolute Gasteiger partial charge is 0.429 e. The molecule has 0 aromatic heterocycles. The number of benzene rings is 1. The predicted octanol–water partition coefficient (Wildman–Crippen LogP) is 5.13. The van der Waals surface area contributed by atoms with E-state index < -0.39 is 42.7 Å². The summed E-state index contributed by atoms with van der Waals surface area (Å²) in [4.78, 5) is 0. The SMILES string of the molecule is CCC(F)(C(F)(F)S(=O)(=O)Oc1ccc(C(CC(C)C)C(C)(C)C)cc1)S(=O)(=O)O. The number of hydrogen-bond donors (Lipinski definition) is 1. The summed E-state index contributed by atoms with van der Waals surface area (Å²) in [6, 6.07) is 5.32. The van der Waals surface area contributed by atoms with E-state index >= 15 is 0 Å². The first-order chi connectivity index (χ1) is 13.3. The maximum absolute atomic E-state index is 14.4. The lowest BCUT2D eigenvalue weighted by Crippen LogP contribution is -2.55. The van der Waals surface area contributed by atoms with Crippen molar-refractivity contribution in [2.24, 2.45) is 11.3 Å². The van der Waals surface area contributed by atoms with E-state index in [9.17, 15) is 30.0 Å². The van der Waals surface area contributed by atoms with E-state index in [0.29, 0.717) is 12.8 Å². The Balaban J connectivity index is 3.28. The van der Waals surface area contributed by atoms with Crippen molar-refractivity contribution in [2.45, 2.75) is 70.6 Å². The maximum atomic E-state index is 14.4. The van der Waals surface area contributed by atoms with Crippen molar-refractivity contribution < 1.29 is 38.7 Å². The van der Waals surface area contributed by atoms with Gasteiger partial charge in [-0.05, 0) is 41.4 Å². The molecule has 0 aliphatic rings. The molecular formula is C19H29F3O6S2. The van der Waals surface area contributed by atoms with Gasteiger partial charge in [-0.1, -0.05) is 53.7 Å². The quantitative estimate of drug-likeness (QED) is 0.394. The van der Waals surface area contributed by atoms with Crippen LogP contribution in [0.4, 0.5) is 13.2 Å². The van der Waals surface area contributed by atoms with Gasteiger partial charge >= 0.3 is 30.5 Å². The highest BCUT2D eigenvalue weighted by Crippen LogP contribution is 2.45. The Hall–Kier alpha value is -1.33. The van der Waals surface area contributed by atoms with E-state index in [2.05, 4.69) is 18.0 Å². The Morgan fingerprint density at radius 1 is 1.00 bits per heavy atom. The lowest BCUT2D eigenvalue weighted by molar-refractivity contribution is -0.0331. The van der Waals surface area contributed by atoms with E-state index in [1.165, 1.54) is 12.1 Å². The molecule has 0 aliphatic carbocycles. The Labute approximate surface area is 176 Å². The summed E-state index contributed by atoms with van der Waals surface area (Å²) in [5.74, 6) is -0.0801. The van der Waals surface area contributed by atoms with Crippen LogP contribution in [0.15, 0.2) is 24.3 Å². The molecule has 11 heteroatoms. The fourth-order valence-corrected chi connectivity index (χ4v) is 5.39. The van der Waals surface area contributed by atoms with Crippen molar-refractivity contribution in [1.29, 1.82) is 0 Å². The first-order valence-corrected chi connectivity index (χ1v) is 12.2. The van der Waals surface area contributed by atoms with E-state index in [-0.39, 0.29) is 11.3 Å². The third-order valence-corrected chi connectivity index (χ3v) is 7.71. The monoisotopic (exact) mass is 474 g/mol. The first kappa shape index (κ1) is 26.7. The summed E-state index contributed by atoms with van der Waals surface area (Å²) in [6.45, 7) is 10.9. The summed E-state index contributed by atoms with van der Waals surface area (Å²) in [5.41, 5.74) is 0.704. The fourth-order valence-electron chi connectivity index (χ4n) is 3.12. The summed E-state index contributed by atoms with van der Waals surface area (Å²) >= 11 is 0. The lowest BCUT2D eigenvalue weighted by atomic mass is 9.72. The molecule has 0 radical (unpaired) electrons. The highest BCUT2D eigenvalue weighted by atomic mass is 32.2. The molecule has 0 bridgehead atoms. The van der Waals surface area contributed by atoms with Crippen LogP contribution in [0, 0.1) is 11.3 Å². The standard InChI is InChI=1S/C19H29F3O6S2/c1-7-18(20,29(23,24)25)19(21,22)30(26,27)28-15-10-8-14(9-11-15)16(12-13(2)3)17(4,5)6/h8-11,13,16H,7,12H2,1-6H3,(H,23,24,25). The average Bonchev–Trinajstić information content (AvgIpc) is 2.57. The van der Waals surface area contributed by atoms with E-state index in [4.69, 9.17) is 4.55 Å². The molecule has 2 unspecified atom stereocenters. The minimum Gasteiger partial charge on any atom is -0.378 e. The van der Waals surface area contributed by atoms with Gasteiger partial charge in [0.1, 0.15) is 5.75 Å². The van der Waals surface area contributed by atoms with Gasteiger partial charge in [-0.3, -0.25) is 4.55 Å². The topological polar surface area (TPSA) is 97.7 Å². The molecule has 0 fully saturated rings. The van der Waals surface area contributed by atoms with Crippen LogP contribution in [0.3, 0.4) is 0 Å². The molecule has 0 heterocycles. The Morgan fingerprint density at radius 2 is 1.47 bits per heavy atom. The molecule has 174 valence electrons. The predicted molar refractivity (Wildman–Crippen MR) is 108 cm³/mol. The van der Waals surface area contributed by atoms with Gasteiger partial charge in [-0.2, -0.15) is 25.6 Å². The van der Waals surface area contributed by atoms with Gasteiger partial charge in [0, 0.05) is 6.42 Å². The summed E-state index contributed by atoms with van der Waals surface area (Å²) in [7, 11) is -12.2. The third-order valence-electron chi connectivity index (χ3n) is 4.85. The molecule has 6 nitrogen and oxygen atoms in total. The molecule has 1 N–H and O–H groups in total. The third kappa shape index (κ3) is 5.28. The zero-order chi connectivity index (χ0) is 23.8. The van der Waals surface area contributed by atoms with Gasteiger partial charge in [0.15, 0.2) is 0 Å². The highest BCUT2D eigenvalue weighted by molar-refractivity contribution is 7.92. The maximum Gasteiger partial charge on any atom is 0.429 e. The number of alkyl halides is 3. The molecule has 30 heavy (non-hydrogen) atoms. The lowest BCUT2D eigenvalue weighted by Gasteiger charge is -2.33. The highest BCUT2D eigenvalue weighted by Gasteiger charge is 2.72. The minimum absolute atomic E-state index is 0.0858. The zero-order valence-corrected chi connectivity index (χ0v) is 19.5. The Bertz CT molecular complexity index is 935. The van der Waals surface area contributed by atoms with Crippen LogP contribution < -0.4 is 4.18 Å². The van der Waals surface area contributed by atoms with Gasteiger partial charge < -0.3 is 4.18 Å². The number of rotatable bonds is 9. The van der Waals surface area contributed by atoms with Gasteiger partial charge in [0.05, 0.1) is 0 Å². The van der Waals surface area contributed by atoms with Crippen LogP contribution in [0.2, 0.25) is 0 Å². The molecule has 0 saturated carbocycles. The molecule has 0 spiro atoms. The van der Waals surface area contributed by atoms with Crippen molar-refractivity contribution in [1.82, 2.24) is 0 Å². The smallest absolute Gasteiger partial charge is 0.378 e. The Kier molecular flexibility index (Phi) is 7.71. The van der Waals surface area contributed by atoms with Gasteiger partial charge in [0.2, 0.25) is 0 Å². The van der Waals surface area contributed by atoms with Crippen molar-refractivity contribution >= 4 is 20.2 Å². The van der Waals surface area contributed by atoms with Gasteiger partial charge in [-0.25, -0.2) is 4.39 Å². The van der Waals surface area contributed by atoms with E-state index in [1.54, 1.807) is 0 Å². The number of halogens is 3. The summed E-state index contributed by atoms with van der Waals surface area (Å²) in [6.07, 6.45) is -0.682. The summed E-state index contributed by atoms with van der Waals surface area (Å²) in [5, 5.41) is -10.3. The normalized spacial score (nSPS) is 16.9. The minimum atomic E-state index is -6.09. The molecule has 1 aromatic carbocycles. The zero-order valence-electron chi connectivity index (χ0n) is 17.8. The van der Waals surface area contributed by atoms with Crippen molar-refractivity contribution in [3.8, 4) is 5.75 Å². The molecule has 2 atom stereocenters. The van der Waals surface area contributed by atoms with Crippen LogP contribution in [0.1, 0.15) is 65.9 Å². The van der Waals surface area contributed by atoms with Crippen LogP contribution in [0.25, 0.3) is 0 Å².